The second kappa shape index (κ2) is 8.71. The molecular formula is C19H24F3N5O4S. The van der Waals surface area contributed by atoms with Crippen LogP contribution in [0.25, 0.3) is 0 Å². The van der Waals surface area contributed by atoms with Gasteiger partial charge in [0.05, 0.1) is 23.3 Å². The van der Waals surface area contributed by atoms with Gasteiger partial charge in [0.2, 0.25) is 16.0 Å². The van der Waals surface area contributed by atoms with Crippen molar-refractivity contribution in [3.63, 3.8) is 0 Å². The zero-order chi connectivity index (χ0) is 23.7. The smallest absolute Gasteiger partial charge is 0.421 e. The Morgan fingerprint density at radius 1 is 1.31 bits per heavy atom. The standard InChI is InChI=1S/C19H24F3N5O4S/c1-18(28)7-4-8-27(11-18)16-13(19(20,21)22)10-24-17(26-16)25-14-6-5-12(9-15(14)31-3)32(29,30)23-2/h5-6,9-10,23,28H,4,7-8,11H2,1-3H3,(H,24,25,26)/t18-/m0/s1. The maximum absolute atomic E-state index is 13.6. The fourth-order valence-electron chi connectivity index (χ4n) is 3.46. The van der Waals surface area contributed by atoms with Crippen molar-refractivity contribution in [2.24, 2.45) is 0 Å². The molecule has 2 aromatic rings. The molecule has 3 N–H and O–H groups in total. The SMILES string of the molecule is CNS(=O)(=O)c1ccc(Nc2ncc(C(F)(F)F)c(N3CCC[C@](C)(O)C3)n2)c(OC)c1. The lowest BCUT2D eigenvalue weighted by Crippen LogP contribution is -2.47. The summed E-state index contributed by atoms with van der Waals surface area (Å²) in [4.78, 5) is 9.19. The van der Waals surface area contributed by atoms with Gasteiger partial charge >= 0.3 is 6.18 Å². The van der Waals surface area contributed by atoms with E-state index >= 15 is 0 Å². The number of ether oxygens (including phenoxy) is 1. The summed E-state index contributed by atoms with van der Waals surface area (Å²) < 4.78 is 72.2. The summed E-state index contributed by atoms with van der Waals surface area (Å²) in [5.74, 6) is -0.351. The Labute approximate surface area is 183 Å². The molecule has 0 spiro atoms. The van der Waals surface area contributed by atoms with E-state index in [1.807, 2.05) is 0 Å². The fraction of sp³-hybridized carbons (Fsp3) is 0.474. The van der Waals surface area contributed by atoms with Gasteiger partial charge in [0.15, 0.2) is 0 Å². The predicted octanol–water partition coefficient (Wildman–Crippen LogP) is 2.51. The van der Waals surface area contributed by atoms with Crippen molar-refractivity contribution in [1.29, 1.82) is 0 Å². The zero-order valence-corrected chi connectivity index (χ0v) is 18.5. The average molecular weight is 475 g/mol. The molecule has 0 amide bonds. The normalized spacial score (nSPS) is 19.7. The van der Waals surface area contributed by atoms with Crippen LogP contribution in [0.4, 0.5) is 30.6 Å². The lowest BCUT2D eigenvalue weighted by molar-refractivity contribution is -0.137. The predicted molar refractivity (Wildman–Crippen MR) is 112 cm³/mol. The number of piperidine rings is 1. The van der Waals surface area contributed by atoms with Crippen molar-refractivity contribution in [3.05, 3.63) is 30.0 Å². The Morgan fingerprint density at radius 2 is 2.03 bits per heavy atom. The van der Waals surface area contributed by atoms with Crippen molar-refractivity contribution >= 4 is 27.5 Å². The van der Waals surface area contributed by atoms with Crippen LogP contribution in [0.3, 0.4) is 0 Å². The van der Waals surface area contributed by atoms with Crippen molar-refractivity contribution in [2.75, 3.05) is 37.5 Å². The molecule has 1 aliphatic rings. The van der Waals surface area contributed by atoms with E-state index in [0.29, 0.717) is 25.6 Å². The Kier molecular flexibility index (Phi) is 6.54. The number of methoxy groups -OCH3 is 1. The fourth-order valence-corrected chi connectivity index (χ4v) is 4.20. The van der Waals surface area contributed by atoms with Gasteiger partial charge in [0.25, 0.3) is 0 Å². The van der Waals surface area contributed by atoms with Gasteiger partial charge in [-0.15, -0.1) is 0 Å². The Balaban J connectivity index is 1.99. The van der Waals surface area contributed by atoms with E-state index in [2.05, 4.69) is 20.0 Å². The number of nitrogens with one attached hydrogen (secondary N) is 2. The van der Waals surface area contributed by atoms with Crippen LogP contribution >= 0.6 is 0 Å². The minimum Gasteiger partial charge on any atom is -0.495 e. The number of nitrogens with zero attached hydrogens (tertiary/aromatic N) is 3. The summed E-state index contributed by atoms with van der Waals surface area (Å²) in [7, 11) is -1.13. The maximum atomic E-state index is 13.6. The summed E-state index contributed by atoms with van der Waals surface area (Å²) in [5.41, 5.74) is -1.89. The Hall–Kier alpha value is -2.64. The third kappa shape index (κ3) is 5.22. The number of hydrogen-bond donors (Lipinski definition) is 3. The Bertz CT molecular complexity index is 1090. The molecule has 0 aliphatic carbocycles. The highest BCUT2D eigenvalue weighted by molar-refractivity contribution is 7.89. The molecule has 0 radical (unpaired) electrons. The van der Waals surface area contributed by atoms with Gasteiger partial charge in [0, 0.05) is 25.4 Å². The zero-order valence-electron chi connectivity index (χ0n) is 17.7. The van der Waals surface area contributed by atoms with Crippen LogP contribution in [0.15, 0.2) is 29.3 Å². The van der Waals surface area contributed by atoms with Gasteiger partial charge < -0.3 is 20.1 Å². The molecule has 0 bridgehead atoms. The van der Waals surface area contributed by atoms with E-state index in [1.54, 1.807) is 6.92 Å². The largest absolute Gasteiger partial charge is 0.495 e. The van der Waals surface area contributed by atoms with Crippen LogP contribution in [-0.4, -0.2) is 56.3 Å². The quantitative estimate of drug-likeness (QED) is 0.584. The van der Waals surface area contributed by atoms with E-state index in [9.17, 15) is 26.7 Å². The number of sulfonamides is 1. The molecule has 3 rings (SSSR count). The number of halogens is 3. The molecular weight excluding hydrogens is 451 g/mol. The van der Waals surface area contributed by atoms with Crippen LogP contribution in [0.2, 0.25) is 0 Å². The number of β-amino-alcohol motifs (C(OH)–C–C–N with tert-alkyl or cyclic N) is 1. The summed E-state index contributed by atoms with van der Waals surface area (Å²) in [6, 6.07) is 3.97. The third-order valence-electron chi connectivity index (χ3n) is 5.05. The van der Waals surface area contributed by atoms with Crippen LogP contribution in [0, 0.1) is 0 Å². The van der Waals surface area contributed by atoms with E-state index in [4.69, 9.17) is 4.74 Å². The maximum Gasteiger partial charge on any atom is 0.421 e. The first kappa shape index (κ1) is 24.0. The number of alkyl halides is 3. The molecule has 1 aliphatic heterocycles. The average Bonchev–Trinajstić information content (AvgIpc) is 2.72. The van der Waals surface area contributed by atoms with Gasteiger partial charge in [-0.25, -0.2) is 18.1 Å². The first-order valence-corrected chi connectivity index (χ1v) is 11.1. The van der Waals surface area contributed by atoms with E-state index in [-0.39, 0.29) is 34.6 Å². The second-order valence-corrected chi connectivity index (χ2v) is 9.53. The second-order valence-electron chi connectivity index (χ2n) is 7.65. The highest BCUT2D eigenvalue weighted by atomic mass is 32.2. The number of benzene rings is 1. The third-order valence-corrected chi connectivity index (χ3v) is 6.46. The number of aliphatic hydroxyl groups is 1. The number of rotatable bonds is 6. The molecule has 2 heterocycles. The minimum atomic E-state index is -4.68. The molecule has 1 aromatic carbocycles. The molecule has 176 valence electrons. The van der Waals surface area contributed by atoms with Crippen LogP contribution in [0.1, 0.15) is 25.3 Å². The number of hydrogen-bond acceptors (Lipinski definition) is 8. The molecule has 0 unspecified atom stereocenters. The van der Waals surface area contributed by atoms with Crippen LogP contribution in [-0.2, 0) is 16.2 Å². The Morgan fingerprint density at radius 3 is 2.62 bits per heavy atom. The lowest BCUT2D eigenvalue weighted by Gasteiger charge is -2.38. The molecule has 0 saturated carbocycles. The highest BCUT2D eigenvalue weighted by Crippen LogP contribution is 2.38. The van der Waals surface area contributed by atoms with E-state index in [1.165, 1.54) is 37.3 Å². The minimum absolute atomic E-state index is 0.00751. The van der Waals surface area contributed by atoms with Crippen molar-refractivity contribution in [3.8, 4) is 5.75 Å². The number of anilines is 3. The first-order chi connectivity index (χ1) is 14.9. The van der Waals surface area contributed by atoms with Crippen molar-refractivity contribution in [1.82, 2.24) is 14.7 Å². The van der Waals surface area contributed by atoms with Gasteiger partial charge in [-0.3, -0.25) is 0 Å². The monoisotopic (exact) mass is 475 g/mol. The molecule has 1 atom stereocenters. The molecule has 32 heavy (non-hydrogen) atoms. The molecule has 1 fully saturated rings. The summed E-state index contributed by atoms with van der Waals surface area (Å²) >= 11 is 0. The van der Waals surface area contributed by atoms with Crippen molar-refractivity contribution in [2.45, 2.75) is 36.4 Å². The van der Waals surface area contributed by atoms with Gasteiger partial charge in [-0.1, -0.05) is 0 Å². The molecule has 1 saturated heterocycles. The van der Waals surface area contributed by atoms with Gasteiger partial charge in [0.1, 0.15) is 17.1 Å². The van der Waals surface area contributed by atoms with E-state index < -0.39 is 27.4 Å². The summed E-state index contributed by atoms with van der Waals surface area (Å²) in [6.45, 7) is 1.86. The molecule has 1 aromatic heterocycles. The summed E-state index contributed by atoms with van der Waals surface area (Å²) in [6.07, 6.45) is -3.02. The van der Waals surface area contributed by atoms with Gasteiger partial charge in [-0.05, 0) is 38.9 Å². The van der Waals surface area contributed by atoms with Crippen molar-refractivity contribution < 1.29 is 31.4 Å². The van der Waals surface area contributed by atoms with Gasteiger partial charge in [-0.2, -0.15) is 18.2 Å². The topological polar surface area (TPSA) is 117 Å². The first-order valence-electron chi connectivity index (χ1n) is 9.66. The highest BCUT2D eigenvalue weighted by Gasteiger charge is 2.39. The molecule has 9 nitrogen and oxygen atoms in total. The summed E-state index contributed by atoms with van der Waals surface area (Å²) in [5, 5.41) is 13.1. The van der Waals surface area contributed by atoms with Crippen LogP contribution in [0.5, 0.6) is 5.75 Å². The molecule has 13 heteroatoms. The number of aromatic nitrogens is 2. The lowest BCUT2D eigenvalue weighted by atomic mass is 9.95. The van der Waals surface area contributed by atoms with Crippen LogP contribution < -0.4 is 19.7 Å². The van der Waals surface area contributed by atoms with E-state index in [0.717, 1.165) is 0 Å².